The van der Waals surface area contributed by atoms with Crippen LogP contribution in [0, 0.1) is 0 Å². The van der Waals surface area contributed by atoms with Gasteiger partial charge in [0.2, 0.25) is 0 Å². The summed E-state index contributed by atoms with van der Waals surface area (Å²) in [5, 5.41) is 0. The Balaban J connectivity index is 2.21. The van der Waals surface area contributed by atoms with E-state index < -0.39 is 20.0 Å². The third-order valence-electron chi connectivity index (χ3n) is 3.93. The highest BCUT2D eigenvalue weighted by atomic mass is 32.3. The molecule has 1 aliphatic carbocycles. The third kappa shape index (κ3) is 3.42. The summed E-state index contributed by atoms with van der Waals surface area (Å²) in [6.45, 7) is 0. The monoisotopic (exact) mass is 391 g/mol. The van der Waals surface area contributed by atoms with Crippen LogP contribution in [0.3, 0.4) is 0 Å². The van der Waals surface area contributed by atoms with Gasteiger partial charge in [-0.2, -0.15) is 3.71 Å². The second-order valence-electron chi connectivity index (χ2n) is 5.78. The van der Waals surface area contributed by atoms with E-state index in [0.717, 1.165) is 0 Å². The first kappa shape index (κ1) is 18.3. The average Bonchev–Trinajstić information content (AvgIpc) is 2.63. The van der Waals surface area contributed by atoms with Crippen LogP contribution in [0.2, 0.25) is 0 Å². The van der Waals surface area contributed by atoms with Crippen molar-refractivity contribution in [3.05, 3.63) is 72.4 Å². The van der Waals surface area contributed by atoms with Gasteiger partial charge >= 0.3 is 0 Å². The fourth-order valence-electron chi connectivity index (χ4n) is 2.72. The number of carbonyl (C=O) groups is 1. The van der Waals surface area contributed by atoms with E-state index in [4.69, 9.17) is 0 Å². The maximum Gasteiger partial charge on any atom is 0.277 e. The van der Waals surface area contributed by atoms with Crippen molar-refractivity contribution in [2.24, 2.45) is 0 Å². The molecular formula is C18H17NO5S2. The number of ketones is 1. The number of benzene rings is 2. The van der Waals surface area contributed by atoms with Crippen molar-refractivity contribution < 1.29 is 21.6 Å². The Labute approximate surface area is 152 Å². The van der Waals surface area contributed by atoms with Crippen LogP contribution in [0.4, 0.5) is 0 Å². The lowest BCUT2D eigenvalue weighted by Gasteiger charge is -2.27. The molecule has 3 rings (SSSR count). The van der Waals surface area contributed by atoms with Gasteiger partial charge < -0.3 is 0 Å². The van der Waals surface area contributed by atoms with E-state index in [2.05, 4.69) is 0 Å². The van der Waals surface area contributed by atoms with Crippen molar-refractivity contribution in [2.45, 2.75) is 29.1 Å². The van der Waals surface area contributed by atoms with E-state index in [-0.39, 0.29) is 34.1 Å². The van der Waals surface area contributed by atoms with E-state index in [1.807, 2.05) is 0 Å². The number of nitrogens with zero attached hydrogens (tertiary/aromatic N) is 1. The highest BCUT2D eigenvalue weighted by molar-refractivity contribution is 8.04. The standard InChI is InChI=1S/C18H17NO5S2/c20-16-9-7-8-15(14-16)19(25(21,22)17-10-3-1-4-11-17)26(23,24)18-12-5-2-6-13-18/h1-6,8,10-13H,7,9,14H2. The first-order valence-electron chi connectivity index (χ1n) is 7.95. The molecule has 0 radical (unpaired) electrons. The van der Waals surface area contributed by atoms with Crippen molar-refractivity contribution in [3.63, 3.8) is 0 Å². The van der Waals surface area contributed by atoms with Crippen LogP contribution in [-0.4, -0.2) is 26.3 Å². The summed E-state index contributed by atoms with van der Waals surface area (Å²) in [5.41, 5.74) is -0.0334. The van der Waals surface area contributed by atoms with Crippen molar-refractivity contribution in [1.82, 2.24) is 3.71 Å². The van der Waals surface area contributed by atoms with Crippen molar-refractivity contribution in [2.75, 3.05) is 0 Å². The minimum atomic E-state index is -4.41. The van der Waals surface area contributed by atoms with Gasteiger partial charge in [0.1, 0.15) is 5.78 Å². The maximum atomic E-state index is 13.2. The number of hydrogen-bond acceptors (Lipinski definition) is 5. The van der Waals surface area contributed by atoms with Crippen LogP contribution >= 0.6 is 0 Å². The molecule has 136 valence electrons. The lowest BCUT2D eigenvalue weighted by Crippen LogP contribution is -2.37. The largest absolute Gasteiger partial charge is 0.299 e. The van der Waals surface area contributed by atoms with Gasteiger partial charge in [-0.05, 0) is 30.7 Å². The topological polar surface area (TPSA) is 88.6 Å². The summed E-state index contributed by atoms with van der Waals surface area (Å²) >= 11 is 0. The molecule has 0 fully saturated rings. The number of rotatable bonds is 5. The van der Waals surface area contributed by atoms with Gasteiger partial charge in [0.15, 0.2) is 0 Å². The van der Waals surface area contributed by atoms with E-state index in [0.29, 0.717) is 10.1 Å². The van der Waals surface area contributed by atoms with Crippen LogP contribution in [0.1, 0.15) is 19.3 Å². The first-order valence-corrected chi connectivity index (χ1v) is 10.8. The van der Waals surface area contributed by atoms with Crippen molar-refractivity contribution >= 4 is 25.8 Å². The Bertz CT molecular complexity index is 974. The zero-order valence-corrected chi connectivity index (χ0v) is 15.4. The Morgan fingerprint density at radius 2 is 1.19 bits per heavy atom. The molecule has 26 heavy (non-hydrogen) atoms. The first-order chi connectivity index (χ1) is 12.3. The summed E-state index contributed by atoms with van der Waals surface area (Å²) in [6.07, 6.45) is 1.84. The molecule has 8 heteroatoms. The van der Waals surface area contributed by atoms with Crippen LogP contribution in [0.15, 0.2) is 82.2 Å². The second-order valence-corrected chi connectivity index (χ2v) is 9.59. The summed E-state index contributed by atoms with van der Waals surface area (Å²) in [6, 6.07) is 14.6. The van der Waals surface area contributed by atoms with Gasteiger partial charge in [0, 0.05) is 12.8 Å². The molecular weight excluding hydrogens is 374 g/mol. The van der Waals surface area contributed by atoms with E-state index in [1.54, 1.807) is 12.1 Å². The van der Waals surface area contributed by atoms with Crippen LogP contribution in [-0.2, 0) is 24.8 Å². The minimum Gasteiger partial charge on any atom is -0.299 e. The van der Waals surface area contributed by atoms with Gasteiger partial charge in [0.05, 0.1) is 15.5 Å². The summed E-state index contributed by atoms with van der Waals surface area (Å²) in [5.74, 6) is -0.195. The Hall–Kier alpha value is -2.45. The lowest BCUT2D eigenvalue weighted by molar-refractivity contribution is -0.118. The highest BCUT2D eigenvalue weighted by Gasteiger charge is 2.39. The van der Waals surface area contributed by atoms with Gasteiger partial charge in [-0.15, -0.1) is 0 Å². The van der Waals surface area contributed by atoms with Gasteiger partial charge in [-0.3, -0.25) is 4.79 Å². The molecule has 0 bridgehead atoms. The Kier molecular flexibility index (Phi) is 4.97. The van der Waals surface area contributed by atoms with Gasteiger partial charge in [0.25, 0.3) is 20.0 Å². The molecule has 0 saturated carbocycles. The number of Topliss-reactive ketones (excluding diaryl/α,β-unsaturated/α-hetero) is 1. The summed E-state index contributed by atoms with van der Waals surface area (Å²) < 4.78 is 53.0. The molecule has 0 amide bonds. The van der Waals surface area contributed by atoms with Crippen LogP contribution in [0.5, 0.6) is 0 Å². The molecule has 0 spiro atoms. The number of allylic oxidation sites excluding steroid dienone is 2. The van der Waals surface area contributed by atoms with Gasteiger partial charge in [-0.25, -0.2) is 16.8 Å². The molecule has 1 aliphatic rings. The molecule has 0 N–H and O–H groups in total. The maximum absolute atomic E-state index is 13.2. The van der Waals surface area contributed by atoms with Crippen LogP contribution in [0.25, 0.3) is 0 Å². The summed E-state index contributed by atoms with van der Waals surface area (Å²) in [7, 11) is -8.81. The fourth-order valence-corrected chi connectivity index (χ4v) is 6.55. The number of sulfonamides is 2. The van der Waals surface area contributed by atoms with Gasteiger partial charge in [-0.1, -0.05) is 42.5 Å². The highest BCUT2D eigenvalue weighted by Crippen LogP contribution is 2.32. The van der Waals surface area contributed by atoms with E-state index in [9.17, 15) is 21.6 Å². The molecule has 0 heterocycles. The second kappa shape index (κ2) is 7.05. The Morgan fingerprint density at radius 3 is 1.62 bits per heavy atom. The SMILES string of the molecule is O=C1CCC=C(N(S(=O)(=O)c2ccccc2)S(=O)(=O)c2ccccc2)C1. The third-order valence-corrected chi connectivity index (χ3v) is 8.19. The molecule has 2 aromatic rings. The lowest BCUT2D eigenvalue weighted by atomic mass is 10.0. The zero-order chi connectivity index (χ0) is 18.8. The average molecular weight is 391 g/mol. The van der Waals surface area contributed by atoms with E-state index in [1.165, 1.54) is 54.6 Å². The normalized spacial score (nSPS) is 15.4. The smallest absolute Gasteiger partial charge is 0.277 e. The van der Waals surface area contributed by atoms with Crippen molar-refractivity contribution in [1.29, 1.82) is 0 Å². The van der Waals surface area contributed by atoms with E-state index >= 15 is 0 Å². The molecule has 0 aromatic heterocycles. The fraction of sp³-hybridized carbons (Fsp3) is 0.167. The predicted octanol–water partition coefficient (Wildman–Crippen LogP) is 2.70. The molecule has 0 aliphatic heterocycles. The summed E-state index contributed by atoms with van der Waals surface area (Å²) in [4.78, 5) is 11.5. The molecule has 6 nitrogen and oxygen atoms in total. The molecule has 0 saturated heterocycles. The Morgan fingerprint density at radius 1 is 0.731 bits per heavy atom. The molecule has 0 unspecified atom stereocenters. The van der Waals surface area contributed by atoms with Crippen molar-refractivity contribution in [3.8, 4) is 0 Å². The molecule has 0 atom stereocenters. The number of carbonyl (C=O) groups excluding carboxylic acids is 1. The minimum absolute atomic E-state index is 0.0334. The predicted molar refractivity (Wildman–Crippen MR) is 96.0 cm³/mol. The number of hydrogen-bond donors (Lipinski definition) is 0. The van der Waals surface area contributed by atoms with Crippen LogP contribution < -0.4 is 0 Å². The quantitative estimate of drug-likeness (QED) is 0.782. The zero-order valence-electron chi connectivity index (χ0n) is 13.8. The molecule has 2 aromatic carbocycles.